The zero-order chi connectivity index (χ0) is 25.1. The molecule has 0 radical (unpaired) electrons. The van der Waals surface area contributed by atoms with E-state index in [4.69, 9.17) is 19.9 Å². The van der Waals surface area contributed by atoms with Gasteiger partial charge in [0.25, 0.3) is 11.9 Å². The van der Waals surface area contributed by atoms with Crippen LogP contribution in [0.15, 0.2) is 47.6 Å². The van der Waals surface area contributed by atoms with Crippen molar-refractivity contribution in [2.24, 2.45) is 4.99 Å². The number of nitrogen functional groups attached to an aromatic ring is 1. The number of nitrogens with two attached hydrogens (primary N) is 1. The van der Waals surface area contributed by atoms with Crippen LogP contribution in [0.3, 0.4) is 0 Å². The Morgan fingerprint density at radius 3 is 2.34 bits per heavy atom. The first-order chi connectivity index (χ1) is 16.9. The molecule has 1 aliphatic heterocycles. The van der Waals surface area contributed by atoms with E-state index in [1.807, 2.05) is 55.4 Å². The fraction of sp³-hybridized carbons (Fsp3) is 0.280. The van der Waals surface area contributed by atoms with E-state index in [1.165, 1.54) is 0 Å². The maximum atomic E-state index is 13.1. The molecule has 0 unspecified atom stereocenters. The lowest BCUT2D eigenvalue weighted by Gasteiger charge is -2.21. The molecule has 0 atom stereocenters. The predicted molar refractivity (Wildman–Crippen MR) is 134 cm³/mol. The van der Waals surface area contributed by atoms with E-state index in [1.54, 1.807) is 32.4 Å². The first-order valence-corrected chi connectivity index (χ1v) is 10.9. The summed E-state index contributed by atoms with van der Waals surface area (Å²) in [6, 6.07) is 11.2. The highest BCUT2D eigenvalue weighted by atomic mass is 16.5. The van der Waals surface area contributed by atoms with E-state index < -0.39 is 0 Å². The summed E-state index contributed by atoms with van der Waals surface area (Å²) in [5.74, 6) is 1.80. The van der Waals surface area contributed by atoms with Crippen molar-refractivity contribution in [1.82, 2.24) is 14.9 Å². The number of aliphatic imine (C=N–C) groups is 1. The predicted octanol–water partition coefficient (Wildman–Crippen LogP) is 2.66. The van der Waals surface area contributed by atoms with Crippen molar-refractivity contribution in [2.75, 3.05) is 52.7 Å². The maximum Gasteiger partial charge on any atom is 0.278 e. The molecule has 10 nitrogen and oxygen atoms in total. The number of nitrogens with zero attached hydrogens (tertiary/aromatic N) is 5. The van der Waals surface area contributed by atoms with Crippen molar-refractivity contribution in [3.8, 4) is 17.2 Å². The van der Waals surface area contributed by atoms with Crippen LogP contribution < -0.4 is 24.8 Å². The Kier molecular flexibility index (Phi) is 6.83. The molecule has 2 heterocycles. The summed E-state index contributed by atoms with van der Waals surface area (Å²) in [7, 11) is 8.49. The molecule has 4 rings (SSSR count). The van der Waals surface area contributed by atoms with Crippen molar-refractivity contribution in [3.05, 3.63) is 59.3 Å². The molecular weight excluding hydrogens is 448 g/mol. The van der Waals surface area contributed by atoms with E-state index in [9.17, 15) is 4.79 Å². The number of rotatable bonds is 8. The van der Waals surface area contributed by atoms with Crippen molar-refractivity contribution < 1.29 is 19.0 Å². The summed E-state index contributed by atoms with van der Waals surface area (Å²) in [6.07, 6.45) is 2.06. The molecule has 2 N–H and O–H groups in total. The molecule has 0 spiro atoms. The average Bonchev–Trinajstić information content (AvgIpc) is 3.10. The van der Waals surface area contributed by atoms with Gasteiger partial charge in [0, 0.05) is 23.7 Å². The summed E-state index contributed by atoms with van der Waals surface area (Å²) in [5.41, 5.74) is 9.67. The van der Waals surface area contributed by atoms with Gasteiger partial charge in [0.05, 0.1) is 33.7 Å². The van der Waals surface area contributed by atoms with E-state index in [0.717, 1.165) is 16.8 Å². The molecule has 0 fully saturated rings. The third kappa shape index (κ3) is 4.73. The fourth-order valence-corrected chi connectivity index (χ4v) is 3.95. The average molecular weight is 477 g/mol. The number of ether oxygens (including phenoxy) is 3. The van der Waals surface area contributed by atoms with Crippen LogP contribution in [-0.4, -0.2) is 68.6 Å². The summed E-state index contributed by atoms with van der Waals surface area (Å²) < 4.78 is 16.2. The summed E-state index contributed by atoms with van der Waals surface area (Å²) >= 11 is 0. The highest BCUT2D eigenvalue weighted by molar-refractivity contribution is 6.54. The zero-order valence-corrected chi connectivity index (χ0v) is 20.4. The Bertz CT molecular complexity index is 1270. The van der Waals surface area contributed by atoms with Crippen molar-refractivity contribution >= 4 is 29.1 Å². The molecule has 0 aliphatic carbocycles. The Morgan fingerprint density at radius 1 is 1.06 bits per heavy atom. The van der Waals surface area contributed by atoms with Gasteiger partial charge in [-0.1, -0.05) is 18.2 Å². The van der Waals surface area contributed by atoms with Gasteiger partial charge < -0.3 is 19.9 Å². The Morgan fingerprint density at radius 2 is 1.74 bits per heavy atom. The van der Waals surface area contributed by atoms with Crippen LogP contribution in [-0.2, 0) is 11.2 Å². The fourth-order valence-electron chi connectivity index (χ4n) is 3.95. The van der Waals surface area contributed by atoms with Crippen molar-refractivity contribution in [3.63, 3.8) is 0 Å². The largest absolute Gasteiger partial charge is 0.493 e. The van der Waals surface area contributed by atoms with Crippen molar-refractivity contribution in [2.45, 2.75) is 6.42 Å². The number of hydrogen-bond acceptors (Lipinski definition) is 9. The van der Waals surface area contributed by atoms with Crippen LogP contribution in [0.25, 0.3) is 0 Å². The first kappa shape index (κ1) is 24.0. The number of fused-ring (bicyclic) bond motifs is 1. The maximum absolute atomic E-state index is 13.1. The lowest BCUT2D eigenvalue weighted by atomic mass is 10.1. The normalized spacial score (nSPS) is 13.9. The van der Waals surface area contributed by atoms with Gasteiger partial charge in [-0.25, -0.2) is 9.98 Å². The van der Waals surface area contributed by atoms with Gasteiger partial charge in [-0.15, -0.1) is 0 Å². The van der Waals surface area contributed by atoms with E-state index in [2.05, 4.69) is 15.0 Å². The first-order valence-electron chi connectivity index (χ1n) is 10.9. The van der Waals surface area contributed by atoms with Crippen molar-refractivity contribution in [1.29, 1.82) is 0 Å². The van der Waals surface area contributed by atoms with E-state index in [-0.39, 0.29) is 17.7 Å². The minimum atomic E-state index is -0.205. The second kappa shape index (κ2) is 9.98. The van der Waals surface area contributed by atoms with Crippen LogP contribution in [0, 0.1) is 0 Å². The summed E-state index contributed by atoms with van der Waals surface area (Å²) in [5, 5.41) is 0. The quantitative estimate of drug-likeness (QED) is 0.528. The lowest BCUT2D eigenvalue weighted by molar-refractivity contribution is -0.112. The Hall–Kier alpha value is -4.18. The minimum absolute atomic E-state index is 0.126. The van der Waals surface area contributed by atoms with E-state index >= 15 is 0 Å². The van der Waals surface area contributed by atoms with Crippen LogP contribution in [0.4, 0.5) is 17.5 Å². The SMILES string of the molecule is COc1cc(Cc2cnc(/N=C3/C(=O)N(CN(C)C)c4ccccc43)nc2N)cc(OC)c1OC. The smallest absolute Gasteiger partial charge is 0.278 e. The number of para-hydroxylation sites is 1. The number of methoxy groups -OCH3 is 3. The van der Waals surface area contributed by atoms with Gasteiger partial charge in [-0.2, -0.15) is 4.98 Å². The molecule has 0 bridgehead atoms. The zero-order valence-electron chi connectivity index (χ0n) is 20.4. The number of anilines is 2. The van der Waals surface area contributed by atoms with Gasteiger partial charge in [-0.3, -0.25) is 14.6 Å². The third-order valence-electron chi connectivity index (χ3n) is 5.54. The van der Waals surface area contributed by atoms with Gasteiger partial charge in [0.2, 0.25) is 5.75 Å². The lowest BCUT2D eigenvalue weighted by Crippen LogP contribution is -2.37. The highest BCUT2D eigenvalue weighted by Gasteiger charge is 2.34. The number of benzene rings is 2. The highest BCUT2D eigenvalue weighted by Crippen LogP contribution is 2.39. The van der Waals surface area contributed by atoms with Crippen LogP contribution in [0.5, 0.6) is 17.2 Å². The molecule has 1 amide bonds. The second-order valence-corrected chi connectivity index (χ2v) is 8.22. The van der Waals surface area contributed by atoms with E-state index in [0.29, 0.717) is 41.6 Å². The molecule has 0 saturated heterocycles. The summed E-state index contributed by atoms with van der Waals surface area (Å²) in [4.78, 5) is 29.9. The number of aromatic nitrogens is 2. The number of carbonyl (C=O) groups is 1. The standard InChI is InChI=1S/C25H28N6O4/c1-30(2)14-31-18-9-7-6-8-17(18)21(24(31)32)28-25-27-13-16(23(26)29-25)10-15-11-19(33-3)22(35-5)20(12-15)34-4/h6-9,11-13H,10,14H2,1-5H3,(H2,26,27,29)/b28-21+. The van der Waals surface area contributed by atoms with Gasteiger partial charge in [0.1, 0.15) is 11.5 Å². The second-order valence-electron chi connectivity index (χ2n) is 8.22. The molecule has 1 aliphatic rings. The number of hydrogen-bond donors (Lipinski definition) is 1. The van der Waals surface area contributed by atoms with Gasteiger partial charge >= 0.3 is 0 Å². The Balaban J connectivity index is 1.64. The molecule has 1 aromatic heterocycles. The van der Waals surface area contributed by atoms with Crippen LogP contribution >= 0.6 is 0 Å². The molecule has 3 aromatic rings. The molecule has 35 heavy (non-hydrogen) atoms. The van der Waals surface area contributed by atoms with Gasteiger partial charge in [-0.05, 0) is 37.9 Å². The third-order valence-corrected chi connectivity index (χ3v) is 5.54. The Labute approximate surface area is 204 Å². The molecular formula is C25H28N6O4. The minimum Gasteiger partial charge on any atom is -0.493 e. The molecule has 2 aromatic carbocycles. The monoisotopic (exact) mass is 476 g/mol. The number of amides is 1. The summed E-state index contributed by atoms with van der Waals surface area (Å²) in [6.45, 7) is 0.436. The number of carbonyl (C=O) groups excluding carboxylic acids is 1. The molecule has 0 saturated carbocycles. The molecule has 182 valence electrons. The van der Waals surface area contributed by atoms with Crippen LogP contribution in [0.2, 0.25) is 0 Å². The van der Waals surface area contributed by atoms with Gasteiger partial charge in [0.15, 0.2) is 11.5 Å². The molecule has 10 heteroatoms. The topological polar surface area (TPSA) is 115 Å². The van der Waals surface area contributed by atoms with Crippen LogP contribution in [0.1, 0.15) is 16.7 Å².